The van der Waals surface area contributed by atoms with E-state index in [-0.39, 0.29) is 23.1 Å². The minimum absolute atomic E-state index is 0.0912. The molecule has 10 heteroatoms. The van der Waals surface area contributed by atoms with Crippen LogP contribution in [0.4, 0.5) is 5.69 Å². The molecule has 1 amide bonds. The average Bonchev–Trinajstić information content (AvgIpc) is 3.41. The molecule has 0 bridgehead atoms. The van der Waals surface area contributed by atoms with E-state index in [0.29, 0.717) is 42.0 Å². The third kappa shape index (κ3) is 7.16. The molecule has 0 saturated carbocycles. The molecule has 4 rings (SSSR count). The number of amides is 1. The fourth-order valence-electron chi connectivity index (χ4n) is 6.39. The Labute approximate surface area is 243 Å². The molecule has 0 aromatic heterocycles. The van der Waals surface area contributed by atoms with Crippen LogP contribution >= 0.6 is 0 Å². The zero-order chi connectivity index (χ0) is 29.6. The zero-order valence-corrected chi connectivity index (χ0v) is 24.3. The highest BCUT2D eigenvalue weighted by Gasteiger charge is 2.48. The van der Waals surface area contributed by atoms with Gasteiger partial charge in [0.15, 0.2) is 12.6 Å². The molecule has 0 radical (unpaired) electrons. The van der Waals surface area contributed by atoms with Crippen molar-refractivity contribution >= 4 is 30.5 Å². The number of carbonyl (C=O) groups is 4. The molecule has 1 unspecified atom stereocenters. The van der Waals surface area contributed by atoms with Crippen molar-refractivity contribution in [3.05, 3.63) is 53.0 Å². The van der Waals surface area contributed by atoms with Crippen LogP contribution in [0.2, 0.25) is 0 Å². The van der Waals surface area contributed by atoms with Crippen molar-refractivity contribution in [2.45, 2.75) is 45.1 Å². The molecule has 3 aliphatic heterocycles. The molecule has 222 valence electrons. The molecule has 3 aliphatic rings. The number of nitrogens with zero attached hydrogens (tertiary/aromatic N) is 4. The molecule has 3 heterocycles. The number of anilines is 1. The molecule has 1 aromatic carbocycles. The molecule has 41 heavy (non-hydrogen) atoms. The second-order valence-electron chi connectivity index (χ2n) is 12.0. The Morgan fingerprint density at radius 1 is 1.10 bits per heavy atom. The average molecular weight is 565 g/mol. The summed E-state index contributed by atoms with van der Waals surface area (Å²) >= 11 is 0. The molecule has 4 N–H and O–H groups in total. The van der Waals surface area contributed by atoms with E-state index in [1.165, 1.54) is 6.42 Å². The van der Waals surface area contributed by atoms with E-state index in [0.717, 1.165) is 76.9 Å². The minimum atomic E-state index is -0.201. The topological polar surface area (TPSA) is 133 Å². The molecule has 1 spiro atoms. The van der Waals surface area contributed by atoms with Gasteiger partial charge in [0.25, 0.3) is 5.91 Å². The standard InChI is InChI=1S/C31H44N6O4/c1-23(4-3-15-38)34(2)30(41)28-7-6-27(16-25(28)18-39)37-21-31(22-37)11-14-35(20-31)17-24-9-12-36(13-10-24)29(33)8-5-26(32)19-40/h5-8,15-16,18-19,23-24H,3-4,9-14,17,20-22,32-33H2,1-2H3/b26-5-,29-8+. The molecule has 3 saturated heterocycles. The maximum Gasteiger partial charge on any atom is 0.254 e. The van der Waals surface area contributed by atoms with Gasteiger partial charge in [-0.1, -0.05) is 0 Å². The molecular weight excluding hydrogens is 520 g/mol. The fraction of sp³-hybridized carbons (Fsp3) is 0.548. The highest BCUT2D eigenvalue weighted by Crippen LogP contribution is 2.42. The van der Waals surface area contributed by atoms with Gasteiger partial charge in [0.2, 0.25) is 0 Å². The van der Waals surface area contributed by atoms with E-state index in [2.05, 4.69) is 14.7 Å². The number of likely N-dealkylation sites (tertiary alicyclic amines) is 2. The smallest absolute Gasteiger partial charge is 0.254 e. The molecular formula is C31H44N6O4. The van der Waals surface area contributed by atoms with Crippen LogP contribution in [0, 0.1) is 11.3 Å². The number of piperidine rings is 1. The SMILES string of the molecule is CC(CCC=O)N(C)C(=O)c1ccc(N2CC3(CCN(CC4CCN(/C(N)=C/C=C(\N)C=O)CC4)C3)C2)cc1C=O. The fourth-order valence-corrected chi connectivity index (χ4v) is 6.39. The first kappa shape index (κ1) is 30.3. The number of hydrogen-bond acceptors (Lipinski definition) is 9. The molecule has 1 atom stereocenters. The summed E-state index contributed by atoms with van der Waals surface area (Å²) in [4.78, 5) is 55.0. The second kappa shape index (κ2) is 13.3. The normalized spacial score (nSPS) is 20.5. The van der Waals surface area contributed by atoms with Crippen LogP contribution in [0.1, 0.15) is 59.7 Å². The van der Waals surface area contributed by atoms with Crippen molar-refractivity contribution < 1.29 is 19.2 Å². The first-order chi connectivity index (χ1) is 19.7. The summed E-state index contributed by atoms with van der Waals surface area (Å²) in [6, 6.07) is 5.45. The third-order valence-electron chi connectivity index (χ3n) is 9.09. The highest BCUT2D eigenvalue weighted by molar-refractivity contribution is 6.02. The summed E-state index contributed by atoms with van der Waals surface area (Å²) in [6.07, 6.45) is 9.82. The molecule has 1 aromatic rings. The Morgan fingerprint density at radius 2 is 1.83 bits per heavy atom. The van der Waals surface area contributed by atoms with Crippen molar-refractivity contribution in [1.82, 2.24) is 14.7 Å². The van der Waals surface area contributed by atoms with Crippen LogP contribution in [0.15, 0.2) is 41.9 Å². The summed E-state index contributed by atoms with van der Waals surface area (Å²) in [5, 5.41) is 0. The van der Waals surface area contributed by atoms with E-state index in [9.17, 15) is 19.2 Å². The Bertz CT molecular complexity index is 1180. The van der Waals surface area contributed by atoms with E-state index < -0.39 is 0 Å². The summed E-state index contributed by atoms with van der Waals surface area (Å²) in [5.74, 6) is 1.09. The third-order valence-corrected chi connectivity index (χ3v) is 9.09. The first-order valence-corrected chi connectivity index (χ1v) is 14.6. The number of benzene rings is 1. The van der Waals surface area contributed by atoms with E-state index in [1.54, 1.807) is 30.2 Å². The van der Waals surface area contributed by atoms with Gasteiger partial charge in [-0.15, -0.1) is 0 Å². The Kier molecular flexibility index (Phi) is 9.86. The number of hydrogen-bond donors (Lipinski definition) is 2. The van der Waals surface area contributed by atoms with Crippen molar-refractivity contribution in [2.24, 2.45) is 22.8 Å². The van der Waals surface area contributed by atoms with Gasteiger partial charge in [-0.3, -0.25) is 14.4 Å². The maximum atomic E-state index is 13.0. The van der Waals surface area contributed by atoms with E-state index in [1.807, 2.05) is 19.1 Å². The summed E-state index contributed by atoms with van der Waals surface area (Å²) < 4.78 is 0. The van der Waals surface area contributed by atoms with Crippen LogP contribution in [-0.4, -0.2) is 98.4 Å². The Morgan fingerprint density at radius 3 is 2.49 bits per heavy atom. The van der Waals surface area contributed by atoms with Crippen LogP contribution in [0.3, 0.4) is 0 Å². The second-order valence-corrected chi connectivity index (χ2v) is 12.0. The van der Waals surface area contributed by atoms with Crippen molar-refractivity contribution in [3.8, 4) is 0 Å². The maximum absolute atomic E-state index is 13.0. The largest absolute Gasteiger partial charge is 0.396 e. The highest BCUT2D eigenvalue weighted by atomic mass is 16.2. The van der Waals surface area contributed by atoms with Crippen LogP contribution < -0.4 is 16.4 Å². The Hall–Kier alpha value is -3.66. The number of nitrogens with two attached hydrogens (primary N) is 2. The summed E-state index contributed by atoms with van der Waals surface area (Å²) in [6.45, 7) is 8.91. The van der Waals surface area contributed by atoms with Crippen LogP contribution in [0.25, 0.3) is 0 Å². The van der Waals surface area contributed by atoms with Gasteiger partial charge in [0, 0.05) is 75.4 Å². The van der Waals surface area contributed by atoms with E-state index >= 15 is 0 Å². The van der Waals surface area contributed by atoms with Crippen molar-refractivity contribution in [3.63, 3.8) is 0 Å². The number of carbonyl (C=O) groups excluding carboxylic acids is 4. The van der Waals surface area contributed by atoms with Crippen molar-refractivity contribution in [1.29, 1.82) is 0 Å². The predicted octanol–water partition coefficient (Wildman–Crippen LogP) is 2.00. The first-order valence-electron chi connectivity index (χ1n) is 14.6. The lowest BCUT2D eigenvalue weighted by molar-refractivity contribution is -0.108. The number of aldehydes is 3. The minimum Gasteiger partial charge on any atom is -0.396 e. The number of allylic oxidation sites excluding steroid dienone is 3. The monoisotopic (exact) mass is 564 g/mol. The van der Waals surface area contributed by atoms with Crippen LogP contribution in [-0.2, 0) is 9.59 Å². The lowest BCUT2D eigenvalue weighted by atomic mass is 9.78. The summed E-state index contributed by atoms with van der Waals surface area (Å²) in [5.41, 5.74) is 13.9. The number of rotatable bonds is 12. The van der Waals surface area contributed by atoms with Gasteiger partial charge in [0.05, 0.1) is 17.1 Å². The van der Waals surface area contributed by atoms with E-state index in [4.69, 9.17) is 11.5 Å². The van der Waals surface area contributed by atoms with Gasteiger partial charge >= 0.3 is 0 Å². The van der Waals surface area contributed by atoms with Gasteiger partial charge in [-0.05, 0) is 75.4 Å². The Balaban J connectivity index is 1.26. The zero-order valence-electron chi connectivity index (χ0n) is 24.3. The van der Waals surface area contributed by atoms with Gasteiger partial charge in [-0.25, -0.2) is 0 Å². The van der Waals surface area contributed by atoms with Gasteiger partial charge < -0.3 is 35.9 Å². The summed E-state index contributed by atoms with van der Waals surface area (Å²) in [7, 11) is 1.72. The lowest BCUT2D eigenvalue weighted by Gasteiger charge is -2.50. The molecule has 0 aliphatic carbocycles. The molecule has 3 fully saturated rings. The van der Waals surface area contributed by atoms with Gasteiger partial charge in [-0.2, -0.15) is 0 Å². The van der Waals surface area contributed by atoms with Crippen molar-refractivity contribution in [2.75, 3.05) is 57.8 Å². The van der Waals surface area contributed by atoms with Gasteiger partial charge in [0.1, 0.15) is 6.29 Å². The quantitative estimate of drug-likeness (QED) is 0.222. The van der Waals surface area contributed by atoms with Crippen LogP contribution in [0.5, 0.6) is 0 Å². The predicted molar refractivity (Wildman–Crippen MR) is 159 cm³/mol. The molecule has 10 nitrogen and oxygen atoms in total. The lowest BCUT2D eigenvalue weighted by Crippen LogP contribution is -2.58.